The van der Waals surface area contributed by atoms with Crippen LogP contribution in [-0.4, -0.2) is 17.5 Å². The number of hydrogen-bond acceptors (Lipinski definition) is 3. The van der Waals surface area contributed by atoms with E-state index in [-0.39, 0.29) is 0 Å². The van der Waals surface area contributed by atoms with Gasteiger partial charge in [-0.1, -0.05) is 32.0 Å². The third-order valence-electron chi connectivity index (χ3n) is 3.66. The lowest BCUT2D eigenvalue weighted by molar-refractivity contribution is 0.176. The summed E-state index contributed by atoms with van der Waals surface area (Å²) in [4.78, 5) is 2.45. The first-order chi connectivity index (χ1) is 9.52. The lowest BCUT2D eigenvalue weighted by atomic mass is 10.1. The molecule has 0 bridgehead atoms. The third kappa shape index (κ3) is 3.22. The van der Waals surface area contributed by atoms with Crippen LogP contribution in [0.3, 0.4) is 0 Å². The molecule has 20 heavy (non-hydrogen) atoms. The van der Waals surface area contributed by atoms with Crippen molar-refractivity contribution in [2.45, 2.75) is 46.8 Å². The van der Waals surface area contributed by atoms with Gasteiger partial charge in [0.15, 0.2) is 0 Å². The molecule has 0 saturated heterocycles. The summed E-state index contributed by atoms with van der Waals surface area (Å²) in [5.41, 5.74) is 8.02. The van der Waals surface area contributed by atoms with Gasteiger partial charge in [-0.05, 0) is 25.8 Å². The molecule has 0 aliphatic rings. The Morgan fingerprint density at radius 2 is 1.85 bits per heavy atom. The molecule has 0 amide bonds. The van der Waals surface area contributed by atoms with Crippen molar-refractivity contribution < 1.29 is 4.42 Å². The Kier molecular flexibility index (Phi) is 4.84. The summed E-state index contributed by atoms with van der Waals surface area (Å²) in [5.74, 6) is 1.66. The Morgan fingerprint density at radius 1 is 1.15 bits per heavy atom. The first-order valence-electron chi connectivity index (χ1n) is 7.46. The van der Waals surface area contributed by atoms with Crippen LogP contribution in [0.2, 0.25) is 0 Å². The summed E-state index contributed by atoms with van der Waals surface area (Å²) in [5, 5.41) is 1.15. The molecule has 0 saturated carbocycles. The highest BCUT2D eigenvalue weighted by atomic mass is 16.3. The van der Waals surface area contributed by atoms with E-state index in [2.05, 4.69) is 38.7 Å². The molecule has 0 radical (unpaired) electrons. The predicted molar refractivity (Wildman–Crippen MR) is 84.5 cm³/mol. The summed E-state index contributed by atoms with van der Waals surface area (Å²) < 4.78 is 6.03. The average molecular weight is 274 g/mol. The van der Waals surface area contributed by atoms with E-state index in [1.165, 1.54) is 0 Å². The molecular formula is C17H26N2O. The molecular weight excluding hydrogens is 248 g/mol. The maximum Gasteiger partial charge on any atom is 0.134 e. The maximum absolute atomic E-state index is 6.03. The Hall–Kier alpha value is -1.32. The molecule has 2 rings (SSSR count). The van der Waals surface area contributed by atoms with Crippen LogP contribution in [0, 0.1) is 5.92 Å². The minimum Gasteiger partial charge on any atom is -0.459 e. The van der Waals surface area contributed by atoms with Gasteiger partial charge in [-0.2, -0.15) is 0 Å². The average Bonchev–Trinajstić information content (AvgIpc) is 2.74. The highest BCUT2D eigenvalue weighted by Crippen LogP contribution is 2.27. The third-order valence-corrected chi connectivity index (χ3v) is 3.66. The number of furan rings is 1. The quantitative estimate of drug-likeness (QED) is 0.872. The molecule has 0 unspecified atom stereocenters. The second kappa shape index (κ2) is 6.42. The highest BCUT2D eigenvalue weighted by molar-refractivity contribution is 5.82. The van der Waals surface area contributed by atoms with E-state index >= 15 is 0 Å². The van der Waals surface area contributed by atoms with Crippen LogP contribution in [0.4, 0.5) is 0 Å². The van der Waals surface area contributed by atoms with Gasteiger partial charge in [0, 0.05) is 30.1 Å². The maximum atomic E-state index is 6.03. The van der Waals surface area contributed by atoms with E-state index in [4.69, 9.17) is 10.2 Å². The van der Waals surface area contributed by atoms with Crippen molar-refractivity contribution in [3.63, 3.8) is 0 Å². The fraction of sp³-hybridized carbons (Fsp3) is 0.529. The lowest BCUT2D eigenvalue weighted by Crippen LogP contribution is -2.33. The normalized spacial score (nSPS) is 12.2. The zero-order valence-electron chi connectivity index (χ0n) is 13.0. The van der Waals surface area contributed by atoms with E-state index < -0.39 is 0 Å². The van der Waals surface area contributed by atoms with Gasteiger partial charge in [0.2, 0.25) is 0 Å². The van der Waals surface area contributed by atoms with E-state index in [0.717, 1.165) is 35.4 Å². The minimum atomic E-state index is 0.497. The molecule has 2 N–H and O–H groups in total. The molecule has 3 heteroatoms. The molecule has 0 fully saturated rings. The molecule has 2 aromatic rings. The zero-order chi connectivity index (χ0) is 14.7. The molecule has 110 valence electrons. The SMILES string of the molecule is CC(C)CN(Cc1oc2ccccc2c1CN)C(C)C. The highest BCUT2D eigenvalue weighted by Gasteiger charge is 2.18. The van der Waals surface area contributed by atoms with Gasteiger partial charge < -0.3 is 10.2 Å². The topological polar surface area (TPSA) is 42.4 Å². The number of fused-ring (bicyclic) bond motifs is 1. The largest absolute Gasteiger partial charge is 0.459 e. The number of benzene rings is 1. The Balaban J connectivity index is 2.31. The summed E-state index contributed by atoms with van der Waals surface area (Å²) in [6.45, 7) is 11.4. The minimum absolute atomic E-state index is 0.497. The zero-order valence-corrected chi connectivity index (χ0v) is 13.0. The van der Waals surface area contributed by atoms with E-state index in [1.54, 1.807) is 0 Å². The van der Waals surface area contributed by atoms with Crippen molar-refractivity contribution >= 4 is 11.0 Å². The summed E-state index contributed by atoms with van der Waals surface area (Å²) in [6, 6.07) is 8.64. The second-order valence-corrected chi connectivity index (χ2v) is 6.12. The number of nitrogens with zero attached hydrogens (tertiary/aromatic N) is 1. The molecule has 0 aliphatic heterocycles. The fourth-order valence-corrected chi connectivity index (χ4v) is 2.61. The van der Waals surface area contributed by atoms with Crippen molar-refractivity contribution in [3.05, 3.63) is 35.6 Å². The van der Waals surface area contributed by atoms with Crippen molar-refractivity contribution in [2.24, 2.45) is 11.7 Å². The van der Waals surface area contributed by atoms with E-state index in [1.807, 2.05) is 18.2 Å². The van der Waals surface area contributed by atoms with Crippen molar-refractivity contribution in [1.29, 1.82) is 0 Å². The van der Waals surface area contributed by atoms with Crippen LogP contribution in [0.1, 0.15) is 39.0 Å². The molecule has 3 nitrogen and oxygen atoms in total. The summed E-state index contributed by atoms with van der Waals surface area (Å²) in [7, 11) is 0. The molecule has 0 aliphatic carbocycles. The van der Waals surface area contributed by atoms with Gasteiger partial charge in [-0.25, -0.2) is 0 Å². The standard InChI is InChI=1S/C17H26N2O/c1-12(2)10-19(13(3)4)11-17-15(9-18)14-7-5-6-8-16(14)20-17/h5-8,12-13H,9-11,18H2,1-4H3. The molecule has 1 aromatic carbocycles. The van der Waals surface area contributed by atoms with Crippen molar-refractivity contribution in [1.82, 2.24) is 4.90 Å². The van der Waals surface area contributed by atoms with Crippen LogP contribution >= 0.6 is 0 Å². The van der Waals surface area contributed by atoms with Crippen molar-refractivity contribution in [2.75, 3.05) is 6.54 Å². The van der Waals surface area contributed by atoms with Gasteiger partial charge in [0.1, 0.15) is 11.3 Å². The van der Waals surface area contributed by atoms with Gasteiger partial charge in [-0.3, -0.25) is 4.90 Å². The van der Waals surface area contributed by atoms with Crippen LogP contribution < -0.4 is 5.73 Å². The second-order valence-electron chi connectivity index (χ2n) is 6.12. The van der Waals surface area contributed by atoms with Crippen LogP contribution in [-0.2, 0) is 13.1 Å². The van der Waals surface area contributed by atoms with E-state index in [0.29, 0.717) is 18.5 Å². The fourth-order valence-electron chi connectivity index (χ4n) is 2.61. The monoisotopic (exact) mass is 274 g/mol. The lowest BCUT2D eigenvalue weighted by Gasteiger charge is -2.27. The summed E-state index contributed by atoms with van der Waals surface area (Å²) in [6.07, 6.45) is 0. The number of para-hydroxylation sites is 1. The molecule has 0 atom stereocenters. The van der Waals surface area contributed by atoms with Gasteiger partial charge in [0.05, 0.1) is 6.54 Å². The van der Waals surface area contributed by atoms with Crippen LogP contribution in [0.25, 0.3) is 11.0 Å². The summed E-state index contributed by atoms with van der Waals surface area (Å²) >= 11 is 0. The molecule has 1 heterocycles. The smallest absolute Gasteiger partial charge is 0.134 e. The number of nitrogens with two attached hydrogens (primary N) is 1. The van der Waals surface area contributed by atoms with Gasteiger partial charge >= 0.3 is 0 Å². The van der Waals surface area contributed by atoms with Gasteiger partial charge in [-0.15, -0.1) is 0 Å². The van der Waals surface area contributed by atoms with Gasteiger partial charge in [0.25, 0.3) is 0 Å². The van der Waals surface area contributed by atoms with Crippen molar-refractivity contribution in [3.8, 4) is 0 Å². The number of hydrogen-bond donors (Lipinski definition) is 1. The van der Waals surface area contributed by atoms with Crippen LogP contribution in [0.5, 0.6) is 0 Å². The molecule has 1 aromatic heterocycles. The first-order valence-corrected chi connectivity index (χ1v) is 7.46. The Bertz CT molecular complexity index is 557. The predicted octanol–water partition coefficient (Wildman–Crippen LogP) is 3.76. The Labute approximate surface area is 121 Å². The molecule has 0 spiro atoms. The van der Waals surface area contributed by atoms with Crippen LogP contribution in [0.15, 0.2) is 28.7 Å². The number of rotatable bonds is 6. The van der Waals surface area contributed by atoms with E-state index in [9.17, 15) is 0 Å². The first kappa shape index (κ1) is 15.1. The Morgan fingerprint density at radius 3 is 2.45 bits per heavy atom.